The van der Waals surface area contributed by atoms with Gasteiger partial charge in [0.25, 0.3) is 0 Å². The third kappa shape index (κ3) is 5.42. The number of aliphatic imine (C=N–C) groups is 1. The monoisotopic (exact) mass is 396 g/mol. The van der Waals surface area contributed by atoms with Crippen molar-refractivity contribution in [2.75, 3.05) is 6.54 Å². The van der Waals surface area contributed by atoms with Crippen LogP contribution in [0.4, 0.5) is 0 Å². The number of aromatic nitrogens is 3. The van der Waals surface area contributed by atoms with Crippen LogP contribution in [0.1, 0.15) is 39.5 Å². The summed E-state index contributed by atoms with van der Waals surface area (Å²) >= 11 is 1.73. The summed E-state index contributed by atoms with van der Waals surface area (Å²) in [7, 11) is 0. The van der Waals surface area contributed by atoms with Gasteiger partial charge in [-0.05, 0) is 38.8 Å². The number of hydrogen-bond acceptors (Lipinski definition) is 4. The van der Waals surface area contributed by atoms with Crippen LogP contribution in [0, 0.1) is 20.8 Å². The van der Waals surface area contributed by atoms with Gasteiger partial charge in [0.05, 0.1) is 23.8 Å². The molecule has 3 rings (SSSR count). The van der Waals surface area contributed by atoms with Crippen LogP contribution in [-0.4, -0.2) is 27.0 Å². The predicted molar refractivity (Wildman–Crippen MR) is 116 cm³/mol. The first-order valence-electron chi connectivity index (χ1n) is 9.55. The van der Waals surface area contributed by atoms with Crippen LogP contribution >= 0.6 is 11.3 Å². The first-order chi connectivity index (χ1) is 13.5. The molecular weight excluding hydrogens is 368 g/mol. The van der Waals surface area contributed by atoms with Gasteiger partial charge in [0.1, 0.15) is 5.82 Å². The zero-order valence-corrected chi connectivity index (χ0v) is 17.8. The third-order valence-corrected chi connectivity index (χ3v) is 5.52. The van der Waals surface area contributed by atoms with Crippen LogP contribution in [0.25, 0.3) is 0 Å². The van der Waals surface area contributed by atoms with Crippen molar-refractivity contribution in [1.82, 2.24) is 25.2 Å². The Bertz CT molecular complexity index is 940. The van der Waals surface area contributed by atoms with Gasteiger partial charge in [-0.25, -0.2) is 15.0 Å². The molecule has 0 aliphatic rings. The second-order valence-electron chi connectivity index (χ2n) is 6.71. The number of guanidine groups is 1. The van der Waals surface area contributed by atoms with Gasteiger partial charge >= 0.3 is 0 Å². The maximum absolute atomic E-state index is 4.75. The molecule has 0 aliphatic carbocycles. The van der Waals surface area contributed by atoms with Gasteiger partial charge in [0.15, 0.2) is 5.96 Å². The fourth-order valence-electron chi connectivity index (χ4n) is 3.01. The number of aryl methyl sites for hydroxylation is 3. The van der Waals surface area contributed by atoms with Gasteiger partial charge in [-0.2, -0.15) is 0 Å². The third-order valence-electron chi connectivity index (χ3n) is 4.45. The summed E-state index contributed by atoms with van der Waals surface area (Å²) in [6.45, 7) is 11.2. The minimum atomic E-state index is 0.632. The molecule has 0 unspecified atom stereocenters. The Balaban J connectivity index is 1.64. The molecule has 2 N–H and O–H groups in total. The number of benzene rings is 1. The zero-order valence-electron chi connectivity index (χ0n) is 17.0. The van der Waals surface area contributed by atoms with Crippen molar-refractivity contribution in [2.45, 2.75) is 47.3 Å². The number of nitrogens with zero attached hydrogens (tertiary/aromatic N) is 4. The number of hydrogen-bond donors (Lipinski definition) is 2. The van der Waals surface area contributed by atoms with Crippen molar-refractivity contribution in [3.63, 3.8) is 0 Å². The minimum Gasteiger partial charge on any atom is -0.357 e. The Morgan fingerprint density at radius 1 is 1.18 bits per heavy atom. The fraction of sp³-hybridized carbons (Fsp3) is 0.381. The lowest BCUT2D eigenvalue weighted by Crippen LogP contribution is -2.36. The first-order valence-corrected chi connectivity index (χ1v) is 10.4. The standard InChI is InChI=1S/C21H28N6S/c1-5-22-21(25-13-20-15(2)26-17(4)28-20)24-12-18-7-6-8-19(11-18)14-27-10-9-23-16(27)3/h6-11H,5,12-14H2,1-4H3,(H2,22,24,25). The molecule has 2 heterocycles. The van der Waals surface area contributed by atoms with Crippen LogP contribution in [0.3, 0.4) is 0 Å². The van der Waals surface area contributed by atoms with E-state index in [2.05, 4.69) is 63.3 Å². The summed E-state index contributed by atoms with van der Waals surface area (Å²) in [5.41, 5.74) is 3.54. The molecule has 0 saturated carbocycles. The average Bonchev–Trinajstić information content (AvgIpc) is 3.22. The summed E-state index contributed by atoms with van der Waals surface area (Å²) in [5, 5.41) is 7.83. The van der Waals surface area contributed by atoms with Gasteiger partial charge in [-0.3, -0.25) is 0 Å². The van der Waals surface area contributed by atoms with Crippen LogP contribution in [-0.2, 0) is 19.6 Å². The van der Waals surface area contributed by atoms with Gasteiger partial charge in [-0.1, -0.05) is 24.3 Å². The summed E-state index contributed by atoms with van der Waals surface area (Å²) in [5.74, 6) is 1.85. The summed E-state index contributed by atoms with van der Waals surface area (Å²) in [6, 6.07) is 8.57. The molecule has 7 heteroatoms. The molecule has 0 spiro atoms. The zero-order chi connectivity index (χ0) is 19.9. The van der Waals surface area contributed by atoms with Gasteiger partial charge in [0.2, 0.25) is 0 Å². The molecule has 0 aliphatic heterocycles. The van der Waals surface area contributed by atoms with E-state index in [9.17, 15) is 0 Å². The van der Waals surface area contributed by atoms with E-state index in [0.29, 0.717) is 6.54 Å². The SMILES string of the molecule is CCNC(=NCc1cccc(Cn2ccnc2C)c1)NCc1sc(C)nc1C. The van der Waals surface area contributed by atoms with E-state index in [0.717, 1.165) is 42.1 Å². The topological polar surface area (TPSA) is 67.1 Å². The predicted octanol–water partition coefficient (Wildman–Crippen LogP) is 3.57. The molecule has 0 fully saturated rings. The minimum absolute atomic E-state index is 0.632. The second kappa shape index (κ2) is 9.50. The Kier molecular flexibility index (Phi) is 6.81. The molecule has 28 heavy (non-hydrogen) atoms. The summed E-state index contributed by atoms with van der Waals surface area (Å²) < 4.78 is 2.15. The maximum atomic E-state index is 4.75. The van der Waals surface area contributed by atoms with Crippen LogP contribution in [0.2, 0.25) is 0 Å². The van der Waals surface area contributed by atoms with Gasteiger partial charge in [-0.15, -0.1) is 11.3 Å². The lowest BCUT2D eigenvalue weighted by atomic mass is 10.1. The fourth-order valence-corrected chi connectivity index (χ4v) is 3.88. The van der Waals surface area contributed by atoms with Crippen molar-refractivity contribution in [3.05, 3.63) is 69.2 Å². The lowest BCUT2D eigenvalue weighted by molar-refractivity contribution is 0.760. The van der Waals surface area contributed by atoms with Crippen LogP contribution in [0.5, 0.6) is 0 Å². The summed E-state index contributed by atoms with van der Waals surface area (Å²) in [6.07, 6.45) is 3.85. The number of rotatable bonds is 7. The highest BCUT2D eigenvalue weighted by atomic mass is 32.1. The largest absolute Gasteiger partial charge is 0.357 e. The molecule has 148 valence electrons. The smallest absolute Gasteiger partial charge is 0.191 e. The van der Waals surface area contributed by atoms with E-state index in [1.54, 1.807) is 11.3 Å². The van der Waals surface area contributed by atoms with E-state index >= 15 is 0 Å². The van der Waals surface area contributed by atoms with Crippen molar-refractivity contribution in [2.24, 2.45) is 4.99 Å². The van der Waals surface area contributed by atoms with Gasteiger partial charge in [0, 0.05) is 30.4 Å². The van der Waals surface area contributed by atoms with Crippen molar-refractivity contribution in [1.29, 1.82) is 0 Å². The second-order valence-corrected chi connectivity index (χ2v) is 8.00. The van der Waals surface area contributed by atoms with E-state index < -0.39 is 0 Å². The molecule has 0 saturated heterocycles. The van der Waals surface area contributed by atoms with Crippen LogP contribution < -0.4 is 10.6 Å². The highest BCUT2D eigenvalue weighted by Crippen LogP contribution is 2.16. The molecule has 3 aromatic rings. The van der Waals surface area contributed by atoms with E-state index in [1.807, 2.05) is 26.2 Å². The Labute approximate surface area is 170 Å². The normalized spacial score (nSPS) is 11.6. The molecule has 2 aromatic heterocycles. The molecule has 0 radical (unpaired) electrons. The van der Waals surface area contributed by atoms with E-state index in [1.165, 1.54) is 16.0 Å². The Morgan fingerprint density at radius 3 is 2.68 bits per heavy atom. The number of thiazole rings is 1. The van der Waals surface area contributed by atoms with Crippen molar-refractivity contribution < 1.29 is 0 Å². The number of imidazole rings is 1. The Morgan fingerprint density at radius 2 is 2.00 bits per heavy atom. The average molecular weight is 397 g/mol. The highest BCUT2D eigenvalue weighted by Gasteiger charge is 2.06. The molecule has 6 nitrogen and oxygen atoms in total. The van der Waals surface area contributed by atoms with Crippen molar-refractivity contribution in [3.8, 4) is 0 Å². The quantitative estimate of drug-likeness (QED) is 0.473. The van der Waals surface area contributed by atoms with E-state index in [4.69, 9.17) is 4.99 Å². The molecular formula is C21H28N6S. The van der Waals surface area contributed by atoms with Crippen molar-refractivity contribution >= 4 is 17.3 Å². The maximum Gasteiger partial charge on any atom is 0.191 e. The molecule has 1 aromatic carbocycles. The number of nitrogens with one attached hydrogen (secondary N) is 2. The van der Waals surface area contributed by atoms with Crippen LogP contribution in [0.15, 0.2) is 41.7 Å². The highest BCUT2D eigenvalue weighted by molar-refractivity contribution is 7.11. The molecule has 0 amide bonds. The molecule has 0 atom stereocenters. The Hall–Kier alpha value is -2.67. The molecule has 0 bridgehead atoms. The summed E-state index contributed by atoms with van der Waals surface area (Å²) in [4.78, 5) is 14.8. The lowest BCUT2D eigenvalue weighted by Gasteiger charge is -2.11. The van der Waals surface area contributed by atoms with Gasteiger partial charge < -0.3 is 15.2 Å². The van der Waals surface area contributed by atoms with E-state index in [-0.39, 0.29) is 0 Å². The first kappa shape index (κ1) is 20.1.